The molecule has 1 aliphatic rings. The van der Waals surface area contributed by atoms with Gasteiger partial charge >= 0.3 is 6.18 Å². The van der Waals surface area contributed by atoms with Crippen LogP contribution in [0.15, 0.2) is 22.7 Å². The van der Waals surface area contributed by atoms with E-state index in [0.29, 0.717) is 5.82 Å². The first kappa shape index (κ1) is 12.0. The van der Waals surface area contributed by atoms with Crippen molar-refractivity contribution in [1.29, 1.82) is 0 Å². The van der Waals surface area contributed by atoms with Gasteiger partial charge in [0.25, 0.3) is 5.89 Å². The Hall–Kier alpha value is -2.05. The van der Waals surface area contributed by atoms with Crippen molar-refractivity contribution in [2.45, 2.75) is 24.9 Å². The minimum Gasteiger partial charge on any atom is -0.399 e. The second-order valence-electron chi connectivity index (χ2n) is 4.57. The molecule has 1 saturated carbocycles. The van der Waals surface area contributed by atoms with E-state index in [1.165, 1.54) is 6.07 Å². The zero-order chi connectivity index (χ0) is 13.6. The second-order valence-corrected chi connectivity index (χ2v) is 4.57. The minimum atomic E-state index is -4.45. The zero-order valence-electron chi connectivity index (χ0n) is 9.74. The predicted octanol–water partition coefficient (Wildman–Crippen LogP) is 3.22. The van der Waals surface area contributed by atoms with Gasteiger partial charge in [0.1, 0.15) is 0 Å². The Morgan fingerprint density at radius 3 is 2.58 bits per heavy atom. The van der Waals surface area contributed by atoms with E-state index in [9.17, 15) is 13.2 Å². The first-order valence-corrected chi connectivity index (χ1v) is 5.75. The standard InChI is InChI=1S/C12H10F3N3O/c13-12(14,15)8-3-7(4-9(16)5-8)11-17-10(18-19-11)6-1-2-6/h3-6H,1-2,16H2. The van der Waals surface area contributed by atoms with E-state index in [1.807, 2.05) is 0 Å². The van der Waals surface area contributed by atoms with Crippen LogP contribution in [0.1, 0.15) is 30.1 Å². The lowest BCUT2D eigenvalue weighted by atomic mass is 10.1. The van der Waals surface area contributed by atoms with Crippen LogP contribution in [0.25, 0.3) is 11.5 Å². The highest BCUT2D eigenvalue weighted by Crippen LogP contribution is 2.39. The number of nitrogens with two attached hydrogens (primary N) is 1. The molecule has 1 aromatic heterocycles. The topological polar surface area (TPSA) is 64.9 Å². The van der Waals surface area contributed by atoms with Gasteiger partial charge in [-0.05, 0) is 31.0 Å². The van der Waals surface area contributed by atoms with Crippen LogP contribution in [0.5, 0.6) is 0 Å². The van der Waals surface area contributed by atoms with E-state index < -0.39 is 11.7 Å². The third-order valence-electron chi connectivity index (χ3n) is 2.91. The van der Waals surface area contributed by atoms with Crippen LogP contribution < -0.4 is 5.73 Å². The van der Waals surface area contributed by atoms with E-state index in [1.54, 1.807) is 0 Å². The smallest absolute Gasteiger partial charge is 0.399 e. The summed E-state index contributed by atoms with van der Waals surface area (Å²) >= 11 is 0. The molecule has 1 fully saturated rings. The summed E-state index contributed by atoms with van der Waals surface area (Å²) in [5.74, 6) is 0.895. The Morgan fingerprint density at radius 1 is 1.21 bits per heavy atom. The summed E-state index contributed by atoms with van der Waals surface area (Å²) in [6.45, 7) is 0. The van der Waals surface area contributed by atoms with Gasteiger partial charge in [-0.3, -0.25) is 0 Å². The summed E-state index contributed by atoms with van der Waals surface area (Å²) in [7, 11) is 0. The zero-order valence-corrected chi connectivity index (χ0v) is 9.74. The van der Waals surface area contributed by atoms with Gasteiger partial charge in [-0.1, -0.05) is 5.16 Å². The molecule has 0 amide bonds. The van der Waals surface area contributed by atoms with E-state index >= 15 is 0 Å². The molecule has 0 aliphatic heterocycles. The number of nitrogens with zero attached hydrogens (tertiary/aromatic N) is 2. The molecule has 1 aliphatic carbocycles. The molecule has 2 N–H and O–H groups in total. The highest BCUT2D eigenvalue weighted by Gasteiger charge is 2.32. The summed E-state index contributed by atoms with van der Waals surface area (Å²) in [5.41, 5.74) is 4.85. The van der Waals surface area contributed by atoms with Crippen molar-refractivity contribution >= 4 is 5.69 Å². The van der Waals surface area contributed by atoms with Gasteiger partial charge in [0.2, 0.25) is 0 Å². The number of rotatable bonds is 2. The summed E-state index contributed by atoms with van der Waals surface area (Å²) in [6, 6.07) is 3.22. The quantitative estimate of drug-likeness (QED) is 0.850. The Bertz CT molecular complexity index is 617. The second kappa shape index (κ2) is 3.97. The van der Waals surface area contributed by atoms with Crippen molar-refractivity contribution < 1.29 is 17.7 Å². The molecule has 0 unspecified atom stereocenters. The van der Waals surface area contributed by atoms with Gasteiger partial charge < -0.3 is 10.3 Å². The lowest BCUT2D eigenvalue weighted by Gasteiger charge is -2.08. The molecule has 0 spiro atoms. The van der Waals surface area contributed by atoms with Crippen LogP contribution in [0, 0.1) is 0 Å². The van der Waals surface area contributed by atoms with Crippen LogP contribution in [0.3, 0.4) is 0 Å². The predicted molar refractivity (Wildman–Crippen MR) is 61.1 cm³/mol. The fraction of sp³-hybridized carbons (Fsp3) is 0.333. The van der Waals surface area contributed by atoms with Crippen molar-refractivity contribution in [1.82, 2.24) is 10.1 Å². The fourth-order valence-electron chi connectivity index (χ4n) is 1.80. The van der Waals surface area contributed by atoms with Crippen molar-refractivity contribution in [3.8, 4) is 11.5 Å². The van der Waals surface area contributed by atoms with E-state index in [4.69, 9.17) is 10.3 Å². The molecule has 0 radical (unpaired) electrons. The Kier molecular flexibility index (Phi) is 2.51. The van der Waals surface area contributed by atoms with E-state index in [2.05, 4.69) is 10.1 Å². The highest BCUT2D eigenvalue weighted by atomic mass is 19.4. The monoisotopic (exact) mass is 269 g/mol. The van der Waals surface area contributed by atoms with Crippen LogP contribution in [0.2, 0.25) is 0 Å². The molecule has 7 heteroatoms. The largest absolute Gasteiger partial charge is 0.416 e. The number of nitrogen functional groups attached to an aromatic ring is 1. The first-order valence-electron chi connectivity index (χ1n) is 5.75. The summed E-state index contributed by atoms with van der Waals surface area (Å²) in [5, 5.41) is 3.77. The third kappa shape index (κ3) is 2.40. The maximum atomic E-state index is 12.7. The van der Waals surface area contributed by atoms with Gasteiger partial charge in [-0.2, -0.15) is 18.2 Å². The number of aromatic nitrogens is 2. The molecule has 1 heterocycles. The van der Waals surface area contributed by atoms with Crippen molar-refractivity contribution in [2.24, 2.45) is 0 Å². The molecular formula is C12H10F3N3O. The normalized spacial score (nSPS) is 15.7. The number of alkyl halides is 3. The maximum absolute atomic E-state index is 12.7. The van der Waals surface area contributed by atoms with Gasteiger partial charge in [0.15, 0.2) is 5.82 Å². The average molecular weight is 269 g/mol. The van der Waals surface area contributed by atoms with Crippen LogP contribution in [-0.2, 0) is 6.18 Å². The number of hydrogen-bond acceptors (Lipinski definition) is 4. The van der Waals surface area contributed by atoms with E-state index in [-0.39, 0.29) is 23.1 Å². The van der Waals surface area contributed by atoms with Crippen molar-refractivity contribution in [3.63, 3.8) is 0 Å². The number of hydrogen-bond donors (Lipinski definition) is 1. The van der Waals surface area contributed by atoms with Gasteiger partial charge in [0.05, 0.1) is 5.56 Å². The average Bonchev–Trinajstić information content (AvgIpc) is 3.05. The lowest BCUT2D eigenvalue weighted by molar-refractivity contribution is -0.137. The molecule has 100 valence electrons. The Labute approximate surface area is 106 Å². The molecule has 19 heavy (non-hydrogen) atoms. The molecule has 0 bridgehead atoms. The van der Waals surface area contributed by atoms with Crippen LogP contribution in [-0.4, -0.2) is 10.1 Å². The van der Waals surface area contributed by atoms with Gasteiger partial charge in [-0.15, -0.1) is 0 Å². The maximum Gasteiger partial charge on any atom is 0.416 e. The Morgan fingerprint density at radius 2 is 1.95 bits per heavy atom. The molecule has 2 aromatic rings. The summed E-state index contributed by atoms with van der Waals surface area (Å²) in [6.07, 6.45) is -2.48. The lowest BCUT2D eigenvalue weighted by Crippen LogP contribution is -2.06. The van der Waals surface area contributed by atoms with Gasteiger partial charge in [-0.25, -0.2) is 0 Å². The highest BCUT2D eigenvalue weighted by molar-refractivity contribution is 5.62. The fourth-order valence-corrected chi connectivity index (χ4v) is 1.80. The Balaban J connectivity index is 2.01. The molecule has 4 nitrogen and oxygen atoms in total. The molecule has 1 aromatic carbocycles. The minimum absolute atomic E-state index is 0.0102. The molecular weight excluding hydrogens is 259 g/mol. The van der Waals surface area contributed by atoms with Crippen molar-refractivity contribution in [3.05, 3.63) is 29.6 Å². The first-order chi connectivity index (χ1) is 8.93. The van der Waals surface area contributed by atoms with E-state index in [0.717, 1.165) is 25.0 Å². The van der Waals surface area contributed by atoms with Gasteiger partial charge in [0, 0.05) is 17.2 Å². The molecule has 0 atom stereocenters. The number of anilines is 1. The molecule has 3 rings (SSSR count). The third-order valence-corrected chi connectivity index (χ3v) is 2.91. The number of benzene rings is 1. The SMILES string of the molecule is Nc1cc(-c2nc(C3CC3)no2)cc(C(F)(F)F)c1. The number of halogens is 3. The summed E-state index contributed by atoms with van der Waals surface area (Å²) in [4.78, 5) is 4.11. The van der Waals surface area contributed by atoms with Crippen molar-refractivity contribution in [2.75, 3.05) is 5.73 Å². The molecule has 0 saturated heterocycles. The summed E-state index contributed by atoms with van der Waals surface area (Å²) < 4.78 is 43.0. The van der Waals surface area contributed by atoms with Crippen LogP contribution in [0.4, 0.5) is 18.9 Å². The van der Waals surface area contributed by atoms with Crippen LogP contribution >= 0.6 is 0 Å².